The Labute approximate surface area is 165 Å². The van der Waals surface area contributed by atoms with Crippen LogP contribution in [0.4, 0.5) is 4.39 Å². The van der Waals surface area contributed by atoms with Crippen molar-refractivity contribution >= 4 is 37.3 Å². The number of carbonyl (C=O) groups is 1. The lowest BCUT2D eigenvalue weighted by atomic mass is 10.2. The summed E-state index contributed by atoms with van der Waals surface area (Å²) in [5.41, 5.74) is 1.32. The second-order valence-corrected chi connectivity index (χ2v) is 9.24. The van der Waals surface area contributed by atoms with Gasteiger partial charge >= 0.3 is 0 Å². The number of fused-ring (bicyclic) bond motifs is 1. The summed E-state index contributed by atoms with van der Waals surface area (Å²) in [6.07, 6.45) is 0. The second kappa shape index (κ2) is 8.76. The molecule has 0 aliphatic heterocycles. The lowest BCUT2D eigenvalue weighted by molar-refractivity contribution is -0.115. The lowest BCUT2D eigenvalue weighted by Crippen LogP contribution is -2.22. The number of sulfone groups is 1. The van der Waals surface area contributed by atoms with Crippen LogP contribution in [0.5, 0.6) is 0 Å². The summed E-state index contributed by atoms with van der Waals surface area (Å²) < 4.78 is 45.6. The quantitative estimate of drug-likeness (QED) is 0.586. The van der Waals surface area contributed by atoms with Crippen molar-refractivity contribution < 1.29 is 22.3 Å². The predicted octanol–water partition coefficient (Wildman–Crippen LogP) is 2.53. The van der Waals surface area contributed by atoms with Crippen LogP contribution in [-0.2, 0) is 31.7 Å². The molecule has 0 atom stereocenters. The maximum atomic E-state index is 13.5. The highest BCUT2D eigenvalue weighted by Crippen LogP contribution is 2.18. The van der Waals surface area contributed by atoms with Gasteiger partial charge in [0.25, 0.3) is 5.91 Å². The van der Waals surface area contributed by atoms with E-state index in [4.69, 9.17) is 4.74 Å². The smallest absolute Gasteiger partial charge is 0.263 e. The molecular formula is C19H19FN2O4S2. The van der Waals surface area contributed by atoms with Gasteiger partial charge in [0.1, 0.15) is 11.6 Å². The molecule has 0 radical (unpaired) electrons. The van der Waals surface area contributed by atoms with Crippen molar-refractivity contribution in [2.24, 2.45) is 4.99 Å². The number of carbonyl (C=O) groups excluding carboxylic acids is 1. The van der Waals surface area contributed by atoms with E-state index in [9.17, 15) is 17.6 Å². The molecule has 0 aliphatic carbocycles. The molecule has 3 aromatic rings. The van der Waals surface area contributed by atoms with Crippen molar-refractivity contribution in [3.05, 3.63) is 64.7 Å². The topological polar surface area (TPSA) is 77.7 Å². The molecule has 0 spiro atoms. The summed E-state index contributed by atoms with van der Waals surface area (Å²) in [6.45, 7) is 0.780. The van der Waals surface area contributed by atoms with Crippen molar-refractivity contribution in [2.45, 2.75) is 12.3 Å². The Morgan fingerprint density at radius 2 is 1.96 bits per heavy atom. The number of benzene rings is 2. The largest absolute Gasteiger partial charge is 0.383 e. The molecule has 28 heavy (non-hydrogen) atoms. The van der Waals surface area contributed by atoms with Gasteiger partial charge in [-0.15, -0.1) is 0 Å². The number of thiazole rings is 1. The van der Waals surface area contributed by atoms with Crippen molar-refractivity contribution in [3.63, 3.8) is 0 Å². The third-order valence-electron chi connectivity index (χ3n) is 3.96. The van der Waals surface area contributed by atoms with Crippen LogP contribution >= 0.6 is 11.3 Å². The zero-order valence-corrected chi connectivity index (χ0v) is 16.8. The number of nitrogens with zero attached hydrogens (tertiary/aromatic N) is 2. The van der Waals surface area contributed by atoms with Crippen LogP contribution < -0.4 is 4.80 Å². The molecule has 9 heteroatoms. The molecule has 0 saturated carbocycles. The number of methoxy groups -OCH3 is 1. The number of ether oxygens (including phenoxy) is 1. The molecule has 148 valence electrons. The minimum Gasteiger partial charge on any atom is -0.383 e. The maximum Gasteiger partial charge on any atom is 0.263 e. The van der Waals surface area contributed by atoms with Gasteiger partial charge in [-0.3, -0.25) is 4.79 Å². The van der Waals surface area contributed by atoms with E-state index in [-0.39, 0.29) is 5.75 Å². The molecule has 2 aromatic carbocycles. The van der Waals surface area contributed by atoms with Crippen LogP contribution in [0, 0.1) is 5.82 Å². The van der Waals surface area contributed by atoms with Crippen LogP contribution in [0.15, 0.2) is 53.5 Å². The Morgan fingerprint density at radius 3 is 2.68 bits per heavy atom. The predicted molar refractivity (Wildman–Crippen MR) is 106 cm³/mol. The van der Waals surface area contributed by atoms with Crippen LogP contribution in [0.25, 0.3) is 10.2 Å². The van der Waals surface area contributed by atoms with Gasteiger partial charge in [0, 0.05) is 13.7 Å². The molecule has 0 fully saturated rings. The third kappa shape index (κ3) is 5.12. The summed E-state index contributed by atoms with van der Waals surface area (Å²) in [5, 5.41) is 0. The van der Waals surface area contributed by atoms with Crippen molar-refractivity contribution in [2.75, 3.05) is 19.5 Å². The van der Waals surface area contributed by atoms with E-state index in [2.05, 4.69) is 4.99 Å². The zero-order chi connectivity index (χ0) is 20.1. The van der Waals surface area contributed by atoms with E-state index >= 15 is 0 Å². The van der Waals surface area contributed by atoms with E-state index in [0.717, 1.165) is 11.3 Å². The molecule has 1 heterocycles. The van der Waals surface area contributed by atoms with Gasteiger partial charge in [-0.2, -0.15) is 4.99 Å². The molecule has 6 nitrogen and oxygen atoms in total. The van der Waals surface area contributed by atoms with E-state index in [1.54, 1.807) is 48.1 Å². The first kappa shape index (κ1) is 20.4. The number of amides is 1. The number of aromatic nitrogens is 1. The number of rotatable bonds is 7. The van der Waals surface area contributed by atoms with Crippen LogP contribution in [0.3, 0.4) is 0 Å². The zero-order valence-electron chi connectivity index (χ0n) is 15.2. The molecule has 1 amide bonds. The molecule has 3 rings (SSSR count). The van der Waals surface area contributed by atoms with Crippen LogP contribution in [-0.4, -0.2) is 38.4 Å². The Hall–Kier alpha value is -2.36. The van der Waals surface area contributed by atoms with Gasteiger partial charge in [-0.05, 0) is 23.8 Å². The third-order valence-corrected chi connectivity index (χ3v) is 6.46. The summed E-state index contributed by atoms with van der Waals surface area (Å²) in [7, 11) is -2.10. The summed E-state index contributed by atoms with van der Waals surface area (Å²) in [5.74, 6) is -2.06. The second-order valence-electron chi connectivity index (χ2n) is 6.16. The number of hydrogen-bond acceptors (Lipinski definition) is 5. The van der Waals surface area contributed by atoms with Gasteiger partial charge < -0.3 is 9.30 Å². The van der Waals surface area contributed by atoms with E-state index in [1.165, 1.54) is 12.1 Å². The molecule has 0 aliphatic rings. The molecule has 1 aromatic heterocycles. The van der Waals surface area contributed by atoms with E-state index < -0.39 is 27.3 Å². The van der Waals surface area contributed by atoms with Crippen molar-refractivity contribution in [1.82, 2.24) is 4.57 Å². The fourth-order valence-corrected chi connectivity index (χ4v) is 5.08. The van der Waals surface area contributed by atoms with E-state index in [0.29, 0.717) is 33.7 Å². The highest BCUT2D eigenvalue weighted by molar-refractivity contribution is 7.91. The Bertz CT molecular complexity index is 1150. The van der Waals surface area contributed by atoms with Gasteiger partial charge in [0.2, 0.25) is 0 Å². The first-order valence-electron chi connectivity index (χ1n) is 8.48. The lowest BCUT2D eigenvalue weighted by Gasteiger charge is -2.04. The first-order chi connectivity index (χ1) is 13.4. The standard InChI is InChI=1S/C19H19FN2O4S2/c1-26-10-9-22-16-8-7-15(20)11-17(16)27-19(22)21-18(23)13-28(24,25)12-14-5-3-2-4-6-14/h2-8,11H,9-10,12-13H2,1H3. The minimum absolute atomic E-state index is 0.226. The first-order valence-corrected chi connectivity index (χ1v) is 11.1. The molecule has 0 bridgehead atoms. The van der Waals surface area contributed by atoms with E-state index in [1.807, 2.05) is 0 Å². The molecular weight excluding hydrogens is 403 g/mol. The summed E-state index contributed by atoms with van der Waals surface area (Å²) in [6, 6.07) is 13.0. The molecule has 0 unspecified atom stereocenters. The van der Waals surface area contributed by atoms with Gasteiger partial charge in [-0.1, -0.05) is 41.7 Å². The van der Waals surface area contributed by atoms with Gasteiger partial charge in [0.15, 0.2) is 14.6 Å². The fraction of sp³-hybridized carbons (Fsp3) is 0.263. The summed E-state index contributed by atoms with van der Waals surface area (Å²) in [4.78, 5) is 16.6. The Kier molecular flexibility index (Phi) is 6.38. The highest BCUT2D eigenvalue weighted by Gasteiger charge is 2.18. The number of halogens is 1. The van der Waals surface area contributed by atoms with Gasteiger partial charge in [0.05, 0.1) is 22.6 Å². The summed E-state index contributed by atoms with van der Waals surface area (Å²) >= 11 is 1.13. The van der Waals surface area contributed by atoms with Crippen LogP contribution in [0.2, 0.25) is 0 Å². The number of hydrogen-bond donors (Lipinski definition) is 0. The van der Waals surface area contributed by atoms with Crippen molar-refractivity contribution in [3.8, 4) is 0 Å². The SMILES string of the molecule is COCCn1c(=NC(=O)CS(=O)(=O)Cc2ccccc2)sc2cc(F)ccc21. The normalized spacial score (nSPS) is 12.6. The molecule has 0 N–H and O–H groups in total. The molecule has 0 saturated heterocycles. The average molecular weight is 423 g/mol. The monoisotopic (exact) mass is 422 g/mol. The fourth-order valence-electron chi connectivity index (χ4n) is 2.74. The van der Waals surface area contributed by atoms with Crippen molar-refractivity contribution in [1.29, 1.82) is 0 Å². The van der Waals surface area contributed by atoms with Crippen LogP contribution in [0.1, 0.15) is 5.56 Å². The Morgan fingerprint density at radius 1 is 1.21 bits per heavy atom. The highest BCUT2D eigenvalue weighted by atomic mass is 32.2. The maximum absolute atomic E-state index is 13.5. The minimum atomic E-state index is -3.65. The Balaban J connectivity index is 1.89. The van der Waals surface area contributed by atoms with Gasteiger partial charge in [-0.25, -0.2) is 12.8 Å². The average Bonchev–Trinajstić information content (AvgIpc) is 2.95.